The number of carbonyl (C=O) groups is 1. The van der Waals surface area contributed by atoms with E-state index in [2.05, 4.69) is 10.2 Å². The predicted molar refractivity (Wildman–Crippen MR) is 101 cm³/mol. The molecule has 1 aliphatic heterocycles. The molecule has 138 valence electrons. The zero-order chi connectivity index (χ0) is 19.0. The molecule has 0 saturated heterocycles. The van der Waals surface area contributed by atoms with Gasteiger partial charge < -0.3 is 13.9 Å². The number of thioether (sulfide) groups is 1. The molecule has 0 aliphatic carbocycles. The van der Waals surface area contributed by atoms with E-state index in [0.717, 1.165) is 16.7 Å². The van der Waals surface area contributed by atoms with Gasteiger partial charge in [-0.3, -0.25) is 4.79 Å². The fourth-order valence-corrected chi connectivity index (χ4v) is 3.50. The number of Topliss-reactive ketones (excluding diaryl/α,β-unsaturated/α-hetero) is 1. The second kappa shape index (κ2) is 7.08. The zero-order valence-electron chi connectivity index (χ0n) is 15.2. The van der Waals surface area contributed by atoms with Crippen molar-refractivity contribution >= 4 is 17.5 Å². The van der Waals surface area contributed by atoms with Gasteiger partial charge in [0.1, 0.15) is 0 Å². The van der Waals surface area contributed by atoms with Crippen LogP contribution in [0.25, 0.3) is 11.5 Å². The molecule has 0 N–H and O–H groups in total. The van der Waals surface area contributed by atoms with E-state index in [1.165, 1.54) is 11.8 Å². The van der Waals surface area contributed by atoms with Crippen LogP contribution in [-0.4, -0.2) is 28.0 Å². The van der Waals surface area contributed by atoms with Crippen molar-refractivity contribution in [1.82, 2.24) is 10.2 Å². The molecule has 2 aromatic carbocycles. The van der Waals surface area contributed by atoms with Gasteiger partial charge in [0, 0.05) is 11.1 Å². The molecule has 6 nitrogen and oxygen atoms in total. The summed E-state index contributed by atoms with van der Waals surface area (Å²) < 4.78 is 16.4. The molecule has 0 fully saturated rings. The second-order valence-corrected chi connectivity index (χ2v) is 7.66. The monoisotopic (exact) mass is 382 g/mol. The second-order valence-electron chi connectivity index (χ2n) is 6.36. The van der Waals surface area contributed by atoms with E-state index in [1.54, 1.807) is 12.1 Å². The van der Waals surface area contributed by atoms with Gasteiger partial charge in [0.2, 0.25) is 12.7 Å². The van der Waals surface area contributed by atoms with E-state index >= 15 is 0 Å². The number of benzene rings is 2. The van der Waals surface area contributed by atoms with Crippen LogP contribution in [0, 0.1) is 13.8 Å². The maximum absolute atomic E-state index is 12.7. The van der Waals surface area contributed by atoms with Crippen molar-refractivity contribution < 1.29 is 18.7 Å². The number of hydrogen-bond acceptors (Lipinski definition) is 7. The minimum Gasteiger partial charge on any atom is -0.454 e. The van der Waals surface area contributed by atoms with Crippen molar-refractivity contribution in [3.05, 3.63) is 53.1 Å². The van der Waals surface area contributed by atoms with E-state index in [-0.39, 0.29) is 17.8 Å². The molecule has 27 heavy (non-hydrogen) atoms. The minimum absolute atomic E-state index is 0.0333. The number of rotatable bonds is 5. The Morgan fingerprint density at radius 1 is 1.04 bits per heavy atom. The Kier molecular flexibility index (Phi) is 4.61. The third-order valence-corrected chi connectivity index (χ3v) is 5.40. The first kappa shape index (κ1) is 17.6. The molecule has 0 saturated carbocycles. The molecular formula is C20H18N2O4S. The highest BCUT2D eigenvalue weighted by molar-refractivity contribution is 8.00. The topological polar surface area (TPSA) is 74.5 Å². The maximum atomic E-state index is 12.7. The SMILES string of the molecule is Cc1ccc(C(=O)[C@@H](C)Sc2nnc(-c3ccc4c(c3)OCO4)o2)cc1C. The van der Waals surface area contributed by atoms with Gasteiger partial charge in [0.05, 0.1) is 5.25 Å². The van der Waals surface area contributed by atoms with E-state index in [9.17, 15) is 4.79 Å². The van der Waals surface area contributed by atoms with Gasteiger partial charge in [-0.1, -0.05) is 23.9 Å². The Bertz CT molecular complexity index is 1010. The van der Waals surface area contributed by atoms with Crippen LogP contribution in [0.3, 0.4) is 0 Å². The Morgan fingerprint density at radius 2 is 1.85 bits per heavy atom. The summed E-state index contributed by atoms with van der Waals surface area (Å²) in [6.45, 7) is 6.08. The average molecular weight is 382 g/mol. The number of carbonyl (C=O) groups excluding carboxylic acids is 1. The van der Waals surface area contributed by atoms with Crippen LogP contribution in [0.2, 0.25) is 0 Å². The van der Waals surface area contributed by atoms with Crippen LogP contribution < -0.4 is 9.47 Å². The van der Waals surface area contributed by atoms with E-state index < -0.39 is 0 Å². The van der Waals surface area contributed by atoms with E-state index in [4.69, 9.17) is 13.9 Å². The largest absolute Gasteiger partial charge is 0.454 e. The lowest BCUT2D eigenvalue weighted by atomic mass is 10.0. The Morgan fingerprint density at radius 3 is 2.67 bits per heavy atom. The lowest BCUT2D eigenvalue weighted by Gasteiger charge is -2.09. The smallest absolute Gasteiger partial charge is 0.277 e. The summed E-state index contributed by atoms with van der Waals surface area (Å²) in [6, 6.07) is 11.2. The molecule has 1 aromatic heterocycles. The van der Waals surface area contributed by atoms with Crippen LogP contribution in [0.4, 0.5) is 0 Å². The Hall–Kier alpha value is -2.80. The van der Waals surface area contributed by atoms with Gasteiger partial charge in [-0.2, -0.15) is 0 Å². The standard InChI is InChI=1S/C20H18N2O4S/c1-11-4-5-14(8-12(11)2)18(23)13(3)27-20-22-21-19(26-20)15-6-7-16-17(9-15)25-10-24-16/h4-9,13H,10H2,1-3H3/t13-/m1/s1. The molecule has 0 amide bonds. The summed E-state index contributed by atoms with van der Waals surface area (Å²) >= 11 is 1.25. The number of nitrogens with zero attached hydrogens (tertiary/aromatic N) is 2. The number of fused-ring (bicyclic) bond motifs is 1. The van der Waals surface area contributed by atoms with Gasteiger partial charge in [0.15, 0.2) is 17.3 Å². The molecule has 7 heteroatoms. The van der Waals surface area contributed by atoms with Gasteiger partial charge in [-0.05, 0) is 56.2 Å². The van der Waals surface area contributed by atoms with Crippen molar-refractivity contribution in [3.63, 3.8) is 0 Å². The molecule has 4 rings (SSSR count). The number of hydrogen-bond donors (Lipinski definition) is 0. The van der Waals surface area contributed by atoms with Crippen LogP contribution in [0.5, 0.6) is 11.5 Å². The highest BCUT2D eigenvalue weighted by Gasteiger charge is 2.21. The predicted octanol–water partition coefficient (Wildman–Crippen LogP) is 4.45. The van der Waals surface area contributed by atoms with Crippen LogP contribution in [0.15, 0.2) is 46.0 Å². The summed E-state index contributed by atoms with van der Waals surface area (Å²) in [5.41, 5.74) is 3.69. The van der Waals surface area contributed by atoms with Crippen LogP contribution in [-0.2, 0) is 0 Å². The quantitative estimate of drug-likeness (QED) is 0.477. The third kappa shape index (κ3) is 3.55. The molecule has 0 unspecified atom stereocenters. The number of ketones is 1. The lowest BCUT2D eigenvalue weighted by Crippen LogP contribution is -2.13. The zero-order valence-corrected chi connectivity index (χ0v) is 16.0. The van der Waals surface area contributed by atoms with Gasteiger partial charge in [0.25, 0.3) is 5.22 Å². The number of aromatic nitrogens is 2. The molecule has 0 radical (unpaired) electrons. The normalized spacial score (nSPS) is 13.6. The van der Waals surface area contributed by atoms with Gasteiger partial charge in [-0.15, -0.1) is 10.2 Å². The van der Waals surface area contributed by atoms with E-state index in [0.29, 0.717) is 28.2 Å². The molecule has 3 aromatic rings. The van der Waals surface area contributed by atoms with Crippen LogP contribution >= 0.6 is 11.8 Å². The molecule has 0 spiro atoms. The number of ether oxygens (including phenoxy) is 2. The van der Waals surface area contributed by atoms with Gasteiger partial charge in [-0.25, -0.2) is 0 Å². The number of aryl methyl sites for hydroxylation is 2. The molecule has 1 atom stereocenters. The first-order valence-electron chi connectivity index (χ1n) is 8.53. The first-order valence-corrected chi connectivity index (χ1v) is 9.41. The molecule has 1 aliphatic rings. The fourth-order valence-electron chi connectivity index (χ4n) is 2.74. The summed E-state index contributed by atoms with van der Waals surface area (Å²) in [5.74, 6) is 1.76. The van der Waals surface area contributed by atoms with E-state index in [1.807, 2.05) is 45.0 Å². The highest BCUT2D eigenvalue weighted by Crippen LogP contribution is 2.36. The summed E-state index contributed by atoms with van der Waals surface area (Å²) in [6.07, 6.45) is 0. The minimum atomic E-state index is -0.336. The molecule has 2 heterocycles. The summed E-state index contributed by atoms with van der Waals surface area (Å²) in [5, 5.41) is 8.15. The van der Waals surface area contributed by atoms with Crippen molar-refractivity contribution in [1.29, 1.82) is 0 Å². The highest BCUT2D eigenvalue weighted by atomic mass is 32.2. The lowest BCUT2D eigenvalue weighted by molar-refractivity contribution is 0.0993. The van der Waals surface area contributed by atoms with Gasteiger partial charge >= 0.3 is 0 Å². The van der Waals surface area contributed by atoms with Crippen LogP contribution in [0.1, 0.15) is 28.4 Å². The van der Waals surface area contributed by atoms with Crippen molar-refractivity contribution in [3.8, 4) is 23.0 Å². The maximum Gasteiger partial charge on any atom is 0.277 e. The van der Waals surface area contributed by atoms with Crippen molar-refractivity contribution in [2.45, 2.75) is 31.2 Å². The van der Waals surface area contributed by atoms with Crippen molar-refractivity contribution in [2.24, 2.45) is 0 Å². The Labute approximate surface area is 160 Å². The Balaban J connectivity index is 1.48. The van der Waals surface area contributed by atoms with Crippen molar-refractivity contribution in [2.75, 3.05) is 6.79 Å². The summed E-state index contributed by atoms with van der Waals surface area (Å²) in [4.78, 5) is 12.7. The average Bonchev–Trinajstić information content (AvgIpc) is 3.31. The third-order valence-electron chi connectivity index (χ3n) is 4.46. The summed E-state index contributed by atoms with van der Waals surface area (Å²) in [7, 11) is 0. The first-order chi connectivity index (χ1) is 13.0. The molecular weight excluding hydrogens is 364 g/mol. The fraction of sp³-hybridized carbons (Fsp3) is 0.250. The molecule has 0 bridgehead atoms.